The van der Waals surface area contributed by atoms with E-state index in [-0.39, 0.29) is 37.0 Å². The molecule has 0 saturated carbocycles. The highest BCUT2D eigenvalue weighted by atomic mass is 16.5. The molecule has 4 fully saturated rings. The van der Waals surface area contributed by atoms with Crippen molar-refractivity contribution in [3.63, 3.8) is 0 Å². The molecule has 8 heteroatoms. The van der Waals surface area contributed by atoms with Gasteiger partial charge in [-0.15, -0.1) is 0 Å². The van der Waals surface area contributed by atoms with Crippen molar-refractivity contribution in [2.45, 2.75) is 30.9 Å². The Morgan fingerprint density at radius 3 is 2.15 bits per heavy atom. The molecule has 1 N–H and O–H groups in total. The third-order valence-corrected chi connectivity index (χ3v) is 8.74. The Kier molecular flexibility index (Phi) is 7.41. The normalized spacial score (nSPS) is 22.3. The number of rotatable bonds is 8. The Morgan fingerprint density at radius 2 is 1.54 bits per heavy atom. The summed E-state index contributed by atoms with van der Waals surface area (Å²) in [5.41, 5.74) is 2.36. The molecule has 0 unspecified atom stereocenters. The van der Waals surface area contributed by atoms with Crippen molar-refractivity contribution in [1.29, 1.82) is 0 Å². The zero-order valence-corrected chi connectivity index (χ0v) is 22.8. The van der Waals surface area contributed by atoms with Gasteiger partial charge in [-0.05, 0) is 67.2 Å². The first-order valence-electron chi connectivity index (χ1n) is 14.2. The van der Waals surface area contributed by atoms with E-state index in [1.165, 1.54) is 0 Å². The highest BCUT2D eigenvalue weighted by Gasteiger charge is 2.54. The number of carbonyl (C=O) groups is 4. The maximum absolute atomic E-state index is 13.7. The third kappa shape index (κ3) is 5.39. The molecule has 2 bridgehead atoms. The molecule has 0 spiro atoms. The molecule has 3 aromatic carbocycles. The molecule has 210 valence electrons. The molecule has 1 atom stereocenters. The minimum Gasteiger partial charge on any atom is -0.460 e. The number of amides is 2. The molecular weight excluding hydrogens is 518 g/mol. The highest BCUT2D eigenvalue weighted by molar-refractivity contribution is 5.98. The number of benzene rings is 3. The van der Waals surface area contributed by atoms with Gasteiger partial charge in [0.2, 0.25) is 0 Å². The molecule has 41 heavy (non-hydrogen) atoms. The van der Waals surface area contributed by atoms with E-state index in [2.05, 4.69) is 10.2 Å². The van der Waals surface area contributed by atoms with Crippen molar-refractivity contribution in [2.75, 3.05) is 32.7 Å². The van der Waals surface area contributed by atoms with E-state index in [1.54, 1.807) is 41.3 Å². The predicted molar refractivity (Wildman–Crippen MR) is 153 cm³/mol. The van der Waals surface area contributed by atoms with Crippen LogP contribution in [0.5, 0.6) is 0 Å². The van der Waals surface area contributed by atoms with E-state index < -0.39 is 5.41 Å². The molecule has 4 aliphatic rings. The van der Waals surface area contributed by atoms with Crippen molar-refractivity contribution in [2.24, 2.45) is 5.92 Å². The summed E-state index contributed by atoms with van der Waals surface area (Å²) in [6.45, 7) is 3.80. The molecule has 8 nitrogen and oxygen atoms in total. The van der Waals surface area contributed by atoms with Gasteiger partial charge in [-0.2, -0.15) is 0 Å². The van der Waals surface area contributed by atoms with Crippen molar-refractivity contribution < 1.29 is 23.9 Å². The number of nitrogens with zero attached hydrogens (tertiary/aromatic N) is 2. The Labute approximate surface area is 239 Å². The summed E-state index contributed by atoms with van der Waals surface area (Å²) in [6, 6.07) is 23.2. The van der Waals surface area contributed by atoms with Gasteiger partial charge in [-0.25, -0.2) is 0 Å². The smallest absolute Gasteiger partial charge is 0.320 e. The summed E-state index contributed by atoms with van der Waals surface area (Å²) in [7, 11) is 0. The second-order valence-electron chi connectivity index (χ2n) is 11.3. The first-order valence-corrected chi connectivity index (χ1v) is 14.2. The van der Waals surface area contributed by atoms with Gasteiger partial charge in [0.1, 0.15) is 17.8 Å². The van der Waals surface area contributed by atoms with Crippen LogP contribution in [0.2, 0.25) is 0 Å². The second kappa shape index (κ2) is 11.3. The lowest BCUT2D eigenvalue weighted by Gasteiger charge is -2.50. The maximum Gasteiger partial charge on any atom is 0.320 e. The van der Waals surface area contributed by atoms with Gasteiger partial charge in [-0.3, -0.25) is 24.1 Å². The van der Waals surface area contributed by atoms with Crippen molar-refractivity contribution >= 4 is 24.1 Å². The van der Waals surface area contributed by atoms with Gasteiger partial charge in [0.15, 0.2) is 0 Å². The summed E-state index contributed by atoms with van der Waals surface area (Å²) in [5.74, 6) is -0.206. The molecule has 7 rings (SSSR count). The predicted octanol–water partition coefficient (Wildman–Crippen LogP) is 3.46. The lowest BCUT2D eigenvalue weighted by atomic mass is 9.73. The number of piperidine rings is 3. The number of aldehydes is 1. The number of hydrogen-bond acceptors (Lipinski definition) is 6. The van der Waals surface area contributed by atoms with Gasteiger partial charge in [0, 0.05) is 42.9 Å². The van der Waals surface area contributed by atoms with Gasteiger partial charge in [-0.1, -0.05) is 54.6 Å². The molecule has 0 aromatic heterocycles. The molecule has 4 aliphatic heterocycles. The summed E-state index contributed by atoms with van der Waals surface area (Å²) in [5, 5.41) is 2.85. The third-order valence-electron chi connectivity index (χ3n) is 8.74. The topological polar surface area (TPSA) is 96.0 Å². The van der Waals surface area contributed by atoms with Crippen LogP contribution in [0.25, 0.3) is 0 Å². The quantitative estimate of drug-likeness (QED) is 0.340. The molecule has 4 heterocycles. The Balaban J connectivity index is 1.08. The zero-order chi connectivity index (χ0) is 28.4. The van der Waals surface area contributed by atoms with Crippen LogP contribution in [0.15, 0.2) is 78.9 Å². The van der Waals surface area contributed by atoms with Crippen LogP contribution in [0.1, 0.15) is 55.0 Å². The standard InChI is InChI=1S/C33H33N3O5/c37-20-24-8-10-26(11-9-24)30(38)34-18-23-6-12-27(13-7-23)31(39)36-21-33(22-36,28-4-2-1-3-5-28)32(40)41-29-19-35-16-14-25(29)15-17-35/h1-13,20,25,29H,14-19,21-22H2,(H,34,38)/t29-/m0/s1. The summed E-state index contributed by atoms with van der Waals surface area (Å²) in [6.07, 6.45) is 2.78. The van der Waals surface area contributed by atoms with Gasteiger partial charge < -0.3 is 15.0 Å². The number of likely N-dealkylation sites (tertiary alicyclic amines) is 1. The van der Waals surface area contributed by atoms with Gasteiger partial charge in [0.05, 0.1) is 0 Å². The lowest BCUT2D eigenvalue weighted by Crippen LogP contribution is -2.66. The highest BCUT2D eigenvalue weighted by Crippen LogP contribution is 2.39. The SMILES string of the molecule is O=Cc1ccc(C(=O)NCc2ccc(C(=O)N3CC(C(=O)O[C@H]4CN5CCC4CC5)(c4ccccc4)C3)cc2)cc1. The fraction of sp³-hybridized carbons (Fsp3) is 0.333. The lowest BCUT2D eigenvalue weighted by molar-refractivity contribution is -0.171. The van der Waals surface area contributed by atoms with Crippen LogP contribution in [-0.2, 0) is 21.5 Å². The summed E-state index contributed by atoms with van der Waals surface area (Å²) in [4.78, 5) is 54.3. The summed E-state index contributed by atoms with van der Waals surface area (Å²) < 4.78 is 6.16. The van der Waals surface area contributed by atoms with E-state index in [0.29, 0.717) is 29.2 Å². The number of ether oxygens (including phenoxy) is 1. The van der Waals surface area contributed by atoms with E-state index in [0.717, 1.165) is 49.9 Å². The summed E-state index contributed by atoms with van der Waals surface area (Å²) >= 11 is 0. The van der Waals surface area contributed by atoms with Crippen LogP contribution in [0, 0.1) is 5.92 Å². The van der Waals surface area contributed by atoms with E-state index >= 15 is 0 Å². The molecule has 2 amide bonds. The average molecular weight is 552 g/mol. The monoisotopic (exact) mass is 551 g/mol. The molecule has 3 aromatic rings. The van der Waals surface area contributed by atoms with E-state index in [9.17, 15) is 19.2 Å². The minimum atomic E-state index is -0.864. The number of carbonyl (C=O) groups excluding carboxylic acids is 4. The Morgan fingerprint density at radius 1 is 0.878 bits per heavy atom. The minimum absolute atomic E-state index is 0.0842. The fourth-order valence-corrected chi connectivity index (χ4v) is 6.18. The van der Waals surface area contributed by atoms with Gasteiger partial charge >= 0.3 is 5.97 Å². The van der Waals surface area contributed by atoms with Crippen molar-refractivity contribution in [3.05, 3.63) is 107 Å². The first kappa shape index (κ1) is 26.9. The molecule has 4 saturated heterocycles. The van der Waals surface area contributed by atoms with Crippen molar-refractivity contribution in [1.82, 2.24) is 15.1 Å². The molecule has 0 radical (unpaired) electrons. The van der Waals surface area contributed by atoms with Crippen LogP contribution in [-0.4, -0.2) is 72.7 Å². The van der Waals surface area contributed by atoms with Crippen LogP contribution >= 0.6 is 0 Å². The second-order valence-corrected chi connectivity index (χ2v) is 11.3. The first-order chi connectivity index (χ1) is 19.9. The van der Waals surface area contributed by atoms with Gasteiger partial charge in [0.25, 0.3) is 11.8 Å². The Bertz CT molecular complexity index is 1420. The van der Waals surface area contributed by atoms with Crippen LogP contribution < -0.4 is 5.32 Å². The molecule has 0 aliphatic carbocycles. The molecular formula is C33H33N3O5. The average Bonchev–Trinajstić information content (AvgIpc) is 3.00. The zero-order valence-electron chi connectivity index (χ0n) is 22.8. The van der Waals surface area contributed by atoms with E-state index in [4.69, 9.17) is 4.74 Å². The fourth-order valence-electron chi connectivity index (χ4n) is 6.18. The number of nitrogens with one attached hydrogen (secondary N) is 1. The van der Waals surface area contributed by atoms with E-state index in [1.807, 2.05) is 42.5 Å². The number of hydrogen-bond donors (Lipinski definition) is 1. The number of fused-ring (bicyclic) bond motifs is 3. The number of esters is 1. The van der Waals surface area contributed by atoms with Crippen LogP contribution in [0.4, 0.5) is 0 Å². The van der Waals surface area contributed by atoms with Crippen molar-refractivity contribution in [3.8, 4) is 0 Å². The van der Waals surface area contributed by atoms with Crippen LogP contribution in [0.3, 0.4) is 0 Å². The maximum atomic E-state index is 13.7. The largest absolute Gasteiger partial charge is 0.460 e. The Hall–Kier alpha value is -4.30.